The molecule has 1 fully saturated rings. The Hall–Kier alpha value is -1.000. The van der Waals surface area contributed by atoms with Crippen molar-refractivity contribution in [3.05, 3.63) is 57.0 Å². The van der Waals surface area contributed by atoms with E-state index in [1.165, 1.54) is 18.4 Å². The predicted octanol–water partition coefficient (Wildman–Crippen LogP) is 5.58. The second-order valence-corrected chi connectivity index (χ2v) is 7.18. The summed E-state index contributed by atoms with van der Waals surface area (Å²) in [5, 5.41) is 3.60. The number of hydrogen-bond donors (Lipinski definition) is 1. The van der Waals surface area contributed by atoms with Crippen LogP contribution in [0.15, 0.2) is 51.4 Å². The normalized spacial score (nSPS) is 20.7. The molecule has 1 aliphatic rings. The summed E-state index contributed by atoms with van der Waals surface area (Å²) in [6.07, 6.45) is 2.35. The maximum absolute atomic E-state index is 5.20. The molecule has 21 heavy (non-hydrogen) atoms. The van der Waals surface area contributed by atoms with Gasteiger partial charge in [0, 0.05) is 20.7 Å². The molecule has 2 nitrogen and oxygen atoms in total. The molecule has 0 atom stereocenters. The molecule has 1 aliphatic carbocycles. The minimum atomic E-state index is 0.551. The van der Waals surface area contributed by atoms with Crippen molar-refractivity contribution in [3.8, 4) is 5.75 Å². The van der Waals surface area contributed by atoms with Crippen LogP contribution in [0.2, 0.25) is 0 Å². The van der Waals surface area contributed by atoms with E-state index in [2.05, 4.69) is 67.5 Å². The molecule has 0 aliphatic heterocycles. The lowest BCUT2D eigenvalue weighted by Gasteiger charge is -2.37. The molecule has 4 heteroatoms. The van der Waals surface area contributed by atoms with Crippen molar-refractivity contribution in [1.82, 2.24) is 0 Å². The van der Waals surface area contributed by atoms with Crippen molar-refractivity contribution in [2.45, 2.75) is 24.8 Å². The van der Waals surface area contributed by atoms with Gasteiger partial charge in [-0.05, 0) is 70.6 Å². The molecule has 3 rings (SSSR count). The maximum atomic E-state index is 5.20. The zero-order chi connectivity index (χ0) is 14.8. The van der Waals surface area contributed by atoms with Crippen LogP contribution in [0.25, 0.3) is 0 Å². The highest BCUT2D eigenvalue weighted by molar-refractivity contribution is 9.11. The zero-order valence-corrected chi connectivity index (χ0v) is 14.9. The van der Waals surface area contributed by atoms with Gasteiger partial charge in [0.25, 0.3) is 0 Å². The first-order valence-electron chi connectivity index (χ1n) is 7.01. The third-order valence-corrected chi connectivity index (χ3v) is 5.17. The van der Waals surface area contributed by atoms with Crippen LogP contribution in [0.3, 0.4) is 0 Å². The zero-order valence-electron chi connectivity index (χ0n) is 11.8. The highest BCUT2D eigenvalue weighted by atomic mass is 79.9. The Morgan fingerprint density at radius 2 is 1.76 bits per heavy atom. The largest absolute Gasteiger partial charge is 0.497 e. The molecule has 2 aromatic carbocycles. The van der Waals surface area contributed by atoms with E-state index >= 15 is 0 Å². The summed E-state index contributed by atoms with van der Waals surface area (Å²) in [7, 11) is 1.70. The number of halogens is 2. The summed E-state index contributed by atoms with van der Waals surface area (Å²) in [5.41, 5.74) is 2.57. The molecular formula is C17H17Br2NO. The van der Waals surface area contributed by atoms with Crippen LogP contribution >= 0.6 is 31.9 Å². The molecule has 1 saturated carbocycles. The first-order valence-corrected chi connectivity index (χ1v) is 8.60. The lowest BCUT2D eigenvalue weighted by atomic mass is 9.76. The lowest BCUT2D eigenvalue weighted by Crippen LogP contribution is -2.34. The van der Waals surface area contributed by atoms with Crippen molar-refractivity contribution >= 4 is 37.5 Å². The molecule has 0 bridgehead atoms. The number of anilines is 1. The first-order chi connectivity index (χ1) is 10.2. The fourth-order valence-electron chi connectivity index (χ4n) is 2.71. The van der Waals surface area contributed by atoms with E-state index < -0.39 is 0 Å². The van der Waals surface area contributed by atoms with E-state index in [9.17, 15) is 0 Å². The average Bonchev–Trinajstić information content (AvgIpc) is 2.44. The number of nitrogens with one attached hydrogen (secondary N) is 1. The standard InChI is InChI=1S/C17H17Br2NO/c1-21-15-5-2-11(3-6-15)12-8-14(9-12)20-17-7-4-13(18)10-16(17)19/h2-7,10,12,14,20H,8-9H2,1H3. The summed E-state index contributed by atoms with van der Waals surface area (Å²) in [4.78, 5) is 0. The van der Waals surface area contributed by atoms with E-state index in [4.69, 9.17) is 4.74 Å². The molecule has 1 N–H and O–H groups in total. The Morgan fingerprint density at radius 1 is 1.05 bits per heavy atom. The van der Waals surface area contributed by atoms with Gasteiger partial charge in [0.2, 0.25) is 0 Å². The molecule has 0 unspecified atom stereocenters. The van der Waals surface area contributed by atoms with Crippen LogP contribution < -0.4 is 10.1 Å². The van der Waals surface area contributed by atoms with Gasteiger partial charge in [-0.25, -0.2) is 0 Å². The highest BCUT2D eigenvalue weighted by Crippen LogP contribution is 2.40. The monoisotopic (exact) mass is 409 g/mol. The van der Waals surface area contributed by atoms with Gasteiger partial charge in [0.15, 0.2) is 0 Å². The van der Waals surface area contributed by atoms with E-state index in [-0.39, 0.29) is 0 Å². The lowest BCUT2D eigenvalue weighted by molar-refractivity contribution is 0.373. The molecule has 0 spiro atoms. The van der Waals surface area contributed by atoms with Gasteiger partial charge in [-0.15, -0.1) is 0 Å². The summed E-state index contributed by atoms with van der Waals surface area (Å²) in [5.74, 6) is 1.58. The Bertz CT molecular complexity index is 621. The molecule has 0 amide bonds. The minimum absolute atomic E-state index is 0.551. The number of benzene rings is 2. The number of ether oxygens (including phenoxy) is 1. The van der Waals surface area contributed by atoms with Crippen molar-refractivity contribution in [2.24, 2.45) is 0 Å². The highest BCUT2D eigenvalue weighted by Gasteiger charge is 2.30. The van der Waals surface area contributed by atoms with Gasteiger partial charge in [-0.1, -0.05) is 28.1 Å². The fourth-order valence-corrected chi connectivity index (χ4v) is 3.87. The Kier molecular flexibility index (Phi) is 4.55. The Morgan fingerprint density at radius 3 is 2.38 bits per heavy atom. The van der Waals surface area contributed by atoms with Crippen LogP contribution in [-0.2, 0) is 0 Å². The summed E-state index contributed by atoms with van der Waals surface area (Å²) < 4.78 is 7.39. The van der Waals surface area contributed by atoms with Crippen LogP contribution in [0.4, 0.5) is 5.69 Å². The predicted molar refractivity (Wildman–Crippen MR) is 94.2 cm³/mol. The molecule has 0 saturated heterocycles. The van der Waals surface area contributed by atoms with Crippen LogP contribution in [0.1, 0.15) is 24.3 Å². The quantitative estimate of drug-likeness (QED) is 0.710. The number of hydrogen-bond acceptors (Lipinski definition) is 2. The van der Waals surface area contributed by atoms with Crippen molar-refractivity contribution in [2.75, 3.05) is 12.4 Å². The van der Waals surface area contributed by atoms with Crippen molar-refractivity contribution in [1.29, 1.82) is 0 Å². The maximum Gasteiger partial charge on any atom is 0.118 e. The second kappa shape index (κ2) is 6.41. The van der Waals surface area contributed by atoms with Gasteiger partial charge in [0.1, 0.15) is 5.75 Å². The number of methoxy groups -OCH3 is 1. The van der Waals surface area contributed by atoms with Crippen LogP contribution in [-0.4, -0.2) is 13.2 Å². The Labute approximate surface area is 142 Å². The third-order valence-electron chi connectivity index (χ3n) is 4.02. The van der Waals surface area contributed by atoms with Gasteiger partial charge in [0.05, 0.1) is 7.11 Å². The van der Waals surface area contributed by atoms with Crippen LogP contribution in [0, 0.1) is 0 Å². The van der Waals surface area contributed by atoms with Crippen molar-refractivity contribution in [3.63, 3.8) is 0 Å². The fraction of sp³-hybridized carbons (Fsp3) is 0.294. The summed E-state index contributed by atoms with van der Waals surface area (Å²) in [6.45, 7) is 0. The van der Waals surface area contributed by atoms with E-state index in [1.54, 1.807) is 7.11 Å². The molecular weight excluding hydrogens is 394 g/mol. The third kappa shape index (κ3) is 3.43. The smallest absolute Gasteiger partial charge is 0.118 e. The summed E-state index contributed by atoms with van der Waals surface area (Å²) in [6, 6.07) is 15.2. The molecule has 2 aromatic rings. The van der Waals surface area contributed by atoms with Crippen molar-refractivity contribution < 1.29 is 4.74 Å². The van der Waals surface area contributed by atoms with Gasteiger partial charge < -0.3 is 10.1 Å². The van der Waals surface area contributed by atoms with E-state index in [0.29, 0.717) is 12.0 Å². The first kappa shape index (κ1) is 14.9. The number of rotatable bonds is 4. The SMILES string of the molecule is COc1ccc(C2CC(Nc3ccc(Br)cc3Br)C2)cc1. The second-order valence-electron chi connectivity index (χ2n) is 5.41. The van der Waals surface area contributed by atoms with E-state index in [1.807, 2.05) is 12.1 Å². The Balaban J connectivity index is 1.57. The molecule has 0 heterocycles. The minimum Gasteiger partial charge on any atom is -0.497 e. The van der Waals surface area contributed by atoms with Crippen LogP contribution in [0.5, 0.6) is 5.75 Å². The molecule has 110 valence electrons. The topological polar surface area (TPSA) is 21.3 Å². The molecule has 0 aromatic heterocycles. The summed E-state index contributed by atoms with van der Waals surface area (Å²) >= 11 is 7.08. The van der Waals surface area contributed by atoms with Gasteiger partial charge in [-0.3, -0.25) is 0 Å². The average molecular weight is 411 g/mol. The van der Waals surface area contributed by atoms with Gasteiger partial charge >= 0.3 is 0 Å². The van der Waals surface area contributed by atoms with E-state index in [0.717, 1.165) is 20.4 Å². The molecule has 0 radical (unpaired) electrons. The van der Waals surface area contributed by atoms with Gasteiger partial charge in [-0.2, -0.15) is 0 Å².